The molecule has 178 valence electrons. The summed E-state index contributed by atoms with van der Waals surface area (Å²) in [7, 11) is 1.42. The van der Waals surface area contributed by atoms with Crippen LogP contribution in [0.2, 0.25) is 0 Å². The number of methoxy groups -OCH3 is 1. The van der Waals surface area contributed by atoms with Crippen LogP contribution in [0, 0.1) is 5.82 Å². The standard InChI is InChI=1S/C26H29FN4O3/c1-18(20-16-28-31(17-20)21-6-4-3-5-7-21)29-24(32)10-12-26(13-11-25(33)30-26)15-19-8-9-22(27)23(14-19)34-2/h3-9,14,16-18H,10-13,15H2,1-2H3,(H,29,32)(H,30,33)/t18-,26+/m0/s1. The second-order valence-electron chi connectivity index (χ2n) is 8.82. The lowest BCUT2D eigenvalue weighted by Crippen LogP contribution is -2.44. The van der Waals surface area contributed by atoms with E-state index in [-0.39, 0.29) is 30.0 Å². The zero-order valence-corrected chi connectivity index (χ0v) is 19.4. The van der Waals surface area contributed by atoms with Crippen molar-refractivity contribution >= 4 is 11.8 Å². The largest absolute Gasteiger partial charge is 0.494 e. The van der Waals surface area contributed by atoms with E-state index in [1.165, 1.54) is 13.2 Å². The molecule has 1 aromatic heterocycles. The minimum absolute atomic E-state index is 0.0313. The molecule has 1 fully saturated rings. The van der Waals surface area contributed by atoms with E-state index in [1.54, 1.807) is 23.0 Å². The molecule has 2 heterocycles. The minimum atomic E-state index is -0.543. The van der Waals surface area contributed by atoms with Gasteiger partial charge in [-0.3, -0.25) is 9.59 Å². The van der Waals surface area contributed by atoms with Crippen molar-refractivity contribution in [3.8, 4) is 11.4 Å². The van der Waals surface area contributed by atoms with Gasteiger partial charge in [0.1, 0.15) is 0 Å². The maximum Gasteiger partial charge on any atom is 0.220 e. The maximum atomic E-state index is 13.8. The van der Waals surface area contributed by atoms with E-state index in [1.807, 2.05) is 43.5 Å². The summed E-state index contributed by atoms with van der Waals surface area (Å²) in [6, 6.07) is 14.3. The number of carbonyl (C=O) groups is 2. The fourth-order valence-corrected chi connectivity index (χ4v) is 4.42. The lowest BCUT2D eigenvalue weighted by Gasteiger charge is -2.29. The molecule has 0 saturated carbocycles. The molecule has 2 N–H and O–H groups in total. The van der Waals surface area contributed by atoms with Crippen LogP contribution in [0.1, 0.15) is 49.8 Å². The second-order valence-corrected chi connectivity index (χ2v) is 8.82. The molecule has 0 spiro atoms. The Kier molecular flexibility index (Phi) is 6.95. The minimum Gasteiger partial charge on any atom is -0.494 e. The first-order valence-electron chi connectivity index (χ1n) is 11.4. The van der Waals surface area contributed by atoms with Gasteiger partial charge in [-0.1, -0.05) is 24.3 Å². The summed E-state index contributed by atoms with van der Waals surface area (Å²) >= 11 is 0. The quantitative estimate of drug-likeness (QED) is 0.504. The third-order valence-electron chi connectivity index (χ3n) is 6.32. The molecule has 34 heavy (non-hydrogen) atoms. The number of nitrogens with one attached hydrogen (secondary N) is 2. The number of ether oxygens (including phenoxy) is 1. The van der Waals surface area contributed by atoms with Gasteiger partial charge in [-0.05, 0) is 56.0 Å². The molecule has 8 heteroatoms. The van der Waals surface area contributed by atoms with Gasteiger partial charge in [0.15, 0.2) is 11.6 Å². The van der Waals surface area contributed by atoms with Crippen LogP contribution >= 0.6 is 0 Å². The molecule has 0 aliphatic carbocycles. The van der Waals surface area contributed by atoms with Crippen LogP contribution < -0.4 is 15.4 Å². The molecule has 3 aromatic rings. The summed E-state index contributed by atoms with van der Waals surface area (Å²) in [6.45, 7) is 1.92. The predicted octanol–water partition coefficient (Wildman–Crippen LogP) is 3.87. The Morgan fingerprint density at radius 3 is 2.79 bits per heavy atom. The van der Waals surface area contributed by atoms with E-state index in [0.717, 1.165) is 16.8 Å². The van der Waals surface area contributed by atoms with Crippen LogP contribution in [-0.2, 0) is 16.0 Å². The van der Waals surface area contributed by atoms with Gasteiger partial charge >= 0.3 is 0 Å². The van der Waals surface area contributed by atoms with Crippen LogP contribution in [0.5, 0.6) is 5.75 Å². The Labute approximate surface area is 198 Å². The number of rotatable bonds is 9. The second kappa shape index (κ2) is 10.1. The van der Waals surface area contributed by atoms with E-state index in [2.05, 4.69) is 15.7 Å². The Hall–Kier alpha value is -3.68. The highest BCUT2D eigenvalue weighted by Gasteiger charge is 2.38. The fourth-order valence-electron chi connectivity index (χ4n) is 4.42. The molecular weight excluding hydrogens is 435 g/mol. The highest BCUT2D eigenvalue weighted by atomic mass is 19.1. The van der Waals surface area contributed by atoms with Crippen molar-refractivity contribution in [1.82, 2.24) is 20.4 Å². The van der Waals surface area contributed by atoms with Crippen LogP contribution in [0.4, 0.5) is 4.39 Å². The summed E-state index contributed by atoms with van der Waals surface area (Å²) in [5, 5.41) is 10.5. The molecule has 2 amide bonds. The molecule has 1 aliphatic heterocycles. The van der Waals surface area contributed by atoms with Gasteiger partial charge in [-0.15, -0.1) is 0 Å². The SMILES string of the molecule is COc1cc(C[C@@]2(CCC(=O)N[C@@H](C)c3cnn(-c4ccccc4)c3)CCC(=O)N2)ccc1F. The summed E-state index contributed by atoms with van der Waals surface area (Å²) in [6.07, 6.45) is 5.94. The summed E-state index contributed by atoms with van der Waals surface area (Å²) in [5.74, 6) is -0.396. The Bertz CT molecular complexity index is 1160. The molecule has 0 radical (unpaired) electrons. The van der Waals surface area contributed by atoms with Crippen molar-refractivity contribution in [1.29, 1.82) is 0 Å². The van der Waals surface area contributed by atoms with Gasteiger partial charge in [-0.25, -0.2) is 9.07 Å². The number of para-hydroxylation sites is 1. The predicted molar refractivity (Wildman–Crippen MR) is 126 cm³/mol. The summed E-state index contributed by atoms with van der Waals surface area (Å²) in [4.78, 5) is 24.8. The number of benzene rings is 2. The molecule has 4 rings (SSSR count). The maximum absolute atomic E-state index is 13.8. The Balaban J connectivity index is 1.38. The average molecular weight is 465 g/mol. The van der Waals surface area contributed by atoms with Crippen molar-refractivity contribution in [2.45, 2.75) is 50.6 Å². The molecule has 7 nitrogen and oxygen atoms in total. The zero-order valence-electron chi connectivity index (χ0n) is 19.4. The third kappa shape index (κ3) is 5.44. The van der Waals surface area contributed by atoms with Crippen molar-refractivity contribution in [3.05, 3.63) is 77.9 Å². The summed E-state index contributed by atoms with van der Waals surface area (Å²) in [5.41, 5.74) is 2.16. The van der Waals surface area contributed by atoms with Gasteiger partial charge < -0.3 is 15.4 Å². The van der Waals surface area contributed by atoms with Gasteiger partial charge in [0.2, 0.25) is 11.8 Å². The van der Waals surface area contributed by atoms with Crippen LogP contribution in [-0.4, -0.2) is 34.2 Å². The molecule has 1 saturated heterocycles. The number of halogens is 1. The van der Waals surface area contributed by atoms with E-state index in [9.17, 15) is 14.0 Å². The lowest BCUT2D eigenvalue weighted by atomic mass is 9.85. The first-order valence-corrected chi connectivity index (χ1v) is 11.4. The number of nitrogens with zero attached hydrogens (tertiary/aromatic N) is 2. The first kappa shape index (κ1) is 23.5. The molecule has 2 atom stereocenters. The Morgan fingerprint density at radius 1 is 1.29 bits per heavy atom. The van der Waals surface area contributed by atoms with Gasteiger partial charge in [0.25, 0.3) is 0 Å². The number of hydrogen-bond acceptors (Lipinski definition) is 4. The van der Waals surface area contributed by atoms with Crippen molar-refractivity contribution in [2.75, 3.05) is 7.11 Å². The van der Waals surface area contributed by atoms with Crippen LogP contribution in [0.3, 0.4) is 0 Å². The highest BCUT2D eigenvalue weighted by molar-refractivity contribution is 5.80. The van der Waals surface area contributed by atoms with Crippen LogP contribution in [0.25, 0.3) is 5.69 Å². The molecular formula is C26H29FN4O3. The van der Waals surface area contributed by atoms with E-state index >= 15 is 0 Å². The topological polar surface area (TPSA) is 85.2 Å². The monoisotopic (exact) mass is 464 g/mol. The number of amides is 2. The fraction of sp³-hybridized carbons (Fsp3) is 0.346. The van der Waals surface area contributed by atoms with E-state index in [4.69, 9.17) is 4.74 Å². The molecule has 2 aromatic carbocycles. The zero-order chi connectivity index (χ0) is 24.1. The van der Waals surface area contributed by atoms with Crippen molar-refractivity contribution < 1.29 is 18.7 Å². The number of aromatic nitrogens is 2. The van der Waals surface area contributed by atoms with E-state index < -0.39 is 11.4 Å². The molecule has 1 aliphatic rings. The average Bonchev–Trinajstić information content (AvgIpc) is 3.47. The van der Waals surface area contributed by atoms with Crippen molar-refractivity contribution in [3.63, 3.8) is 0 Å². The Morgan fingerprint density at radius 2 is 2.09 bits per heavy atom. The number of carbonyl (C=O) groups excluding carboxylic acids is 2. The van der Waals surface area contributed by atoms with Gasteiger partial charge in [0, 0.05) is 30.1 Å². The van der Waals surface area contributed by atoms with Crippen molar-refractivity contribution in [2.24, 2.45) is 0 Å². The normalized spacial score (nSPS) is 18.4. The van der Waals surface area contributed by atoms with E-state index in [0.29, 0.717) is 25.7 Å². The number of hydrogen-bond donors (Lipinski definition) is 2. The van der Waals surface area contributed by atoms with Gasteiger partial charge in [-0.2, -0.15) is 5.10 Å². The van der Waals surface area contributed by atoms with Crippen LogP contribution in [0.15, 0.2) is 60.9 Å². The third-order valence-corrected chi connectivity index (χ3v) is 6.32. The first-order chi connectivity index (χ1) is 16.4. The molecule has 0 bridgehead atoms. The smallest absolute Gasteiger partial charge is 0.220 e. The summed E-state index contributed by atoms with van der Waals surface area (Å²) < 4.78 is 20.7. The highest BCUT2D eigenvalue weighted by Crippen LogP contribution is 2.31. The molecule has 0 unspecified atom stereocenters. The van der Waals surface area contributed by atoms with Gasteiger partial charge in [0.05, 0.1) is 25.0 Å². The lowest BCUT2D eigenvalue weighted by molar-refractivity contribution is -0.123.